The Bertz CT molecular complexity index is 322. The van der Waals surface area contributed by atoms with E-state index in [1.165, 1.54) is 4.88 Å². The van der Waals surface area contributed by atoms with E-state index in [1.807, 2.05) is 11.0 Å². The summed E-state index contributed by atoms with van der Waals surface area (Å²) in [5.74, 6) is 0.231. The first kappa shape index (κ1) is 14.2. The standard InChI is InChI=1S/C13H22N2OS/c1-4-14-8-7-13(16)15(11(2)3)10-12-6-5-9-17-12/h5-6,9,11,14H,4,7-8,10H2,1-3H3. The summed E-state index contributed by atoms with van der Waals surface area (Å²) in [6.45, 7) is 8.61. The highest BCUT2D eigenvalue weighted by Gasteiger charge is 2.16. The quantitative estimate of drug-likeness (QED) is 0.758. The summed E-state index contributed by atoms with van der Waals surface area (Å²) in [6, 6.07) is 4.37. The Labute approximate surface area is 108 Å². The van der Waals surface area contributed by atoms with Crippen LogP contribution in [0.3, 0.4) is 0 Å². The molecule has 0 aliphatic rings. The molecular weight excluding hydrogens is 232 g/mol. The van der Waals surface area contributed by atoms with Crippen molar-refractivity contribution >= 4 is 17.2 Å². The normalized spacial score (nSPS) is 10.8. The summed E-state index contributed by atoms with van der Waals surface area (Å²) in [6.07, 6.45) is 0.581. The van der Waals surface area contributed by atoms with Gasteiger partial charge in [0.25, 0.3) is 0 Å². The van der Waals surface area contributed by atoms with E-state index in [0.29, 0.717) is 6.42 Å². The van der Waals surface area contributed by atoms with Crippen molar-refractivity contribution in [1.29, 1.82) is 0 Å². The van der Waals surface area contributed by atoms with E-state index >= 15 is 0 Å². The van der Waals surface area contributed by atoms with E-state index in [2.05, 4.69) is 37.5 Å². The Kier molecular flexibility index (Phi) is 6.22. The minimum atomic E-state index is 0.231. The van der Waals surface area contributed by atoms with Crippen LogP contribution in [0.4, 0.5) is 0 Å². The second kappa shape index (κ2) is 7.45. The maximum Gasteiger partial charge on any atom is 0.224 e. The fraction of sp³-hybridized carbons (Fsp3) is 0.615. The van der Waals surface area contributed by atoms with E-state index in [-0.39, 0.29) is 11.9 Å². The zero-order chi connectivity index (χ0) is 12.7. The van der Waals surface area contributed by atoms with Gasteiger partial charge in [0, 0.05) is 23.9 Å². The number of amides is 1. The van der Waals surface area contributed by atoms with Gasteiger partial charge in [0.05, 0.1) is 6.54 Å². The molecule has 0 aliphatic carbocycles. The lowest BCUT2D eigenvalue weighted by atomic mass is 10.2. The molecule has 1 heterocycles. The maximum atomic E-state index is 12.1. The predicted molar refractivity (Wildman–Crippen MR) is 73.2 cm³/mol. The molecular formula is C13H22N2OS. The van der Waals surface area contributed by atoms with Crippen LogP contribution in [-0.2, 0) is 11.3 Å². The van der Waals surface area contributed by atoms with Crippen LogP contribution in [0.1, 0.15) is 32.1 Å². The molecule has 1 aromatic rings. The summed E-state index contributed by atoms with van der Waals surface area (Å²) < 4.78 is 0. The van der Waals surface area contributed by atoms with Gasteiger partial charge in [-0.15, -0.1) is 11.3 Å². The van der Waals surface area contributed by atoms with Crippen LogP contribution in [0, 0.1) is 0 Å². The molecule has 3 nitrogen and oxygen atoms in total. The average Bonchev–Trinajstić information content (AvgIpc) is 2.78. The molecule has 17 heavy (non-hydrogen) atoms. The van der Waals surface area contributed by atoms with Gasteiger partial charge >= 0.3 is 0 Å². The molecule has 0 radical (unpaired) electrons. The maximum absolute atomic E-state index is 12.1. The lowest BCUT2D eigenvalue weighted by Crippen LogP contribution is -2.37. The minimum Gasteiger partial charge on any atom is -0.335 e. The third-order valence-corrected chi connectivity index (χ3v) is 3.48. The molecule has 96 valence electrons. The Morgan fingerprint density at radius 1 is 1.53 bits per heavy atom. The third kappa shape index (κ3) is 4.88. The third-order valence-electron chi connectivity index (χ3n) is 2.62. The molecule has 0 bridgehead atoms. The molecule has 1 aromatic heterocycles. The van der Waals surface area contributed by atoms with Crippen molar-refractivity contribution in [2.24, 2.45) is 0 Å². The first-order valence-electron chi connectivity index (χ1n) is 6.17. The van der Waals surface area contributed by atoms with E-state index in [9.17, 15) is 4.79 Å². The van der Waals surface area contributed by atoms with E-state index in [0.717, 1.165) is 19.6 Å². The fourth-order valence-electron chi connectivity index (χ4n) is 1.64. The van der Waals surface area contributed by atoms with Crippen LogP contribution >= 0.6 is 11.3 Å². The smallest absolute Gasteiger partial charge is 0.224 e. The van der Waals surface area contributed by atoms with Crippen LogP contribution < -0.4 is 5.32 Å². The van der Waals surface area contributed by atoms with Crippen molar-refractivity contribution in [2.75, 3.05) is 13.1 Å². The second-order valence-corrected chi connectivity index (χ2v) is 5.33. The van der Waals surface area contributed by atoms with Crippen molar-refractivity contribution in [3.05, 3.63) is 22.4 Å². The van der Waals surface area contributed by atoms with Crippen LogP contribution in [0.25, 0.3) is 0 Å². The van der Waals surface area contributed by atoms with Gasteiger partial charge in [-0.05, 0) is 31.8 Å². The van der Waals surface area contributed by atoms with Gasteiger partial charge in [-0.2, -0.15) is 0 Å². The van der Waals surface area contributed by atoms with Gasteiger partial charge in [0.1, 0.15) is 0 Å². The SMILES string of the molecule is CCNCCC(=O)N(Cc1cccs1)C(C)C. The average molecular weight is 254 g/mol. The number of nitrogens with one attached hydrogen (secondary N) is 1. The van der Waals surface area contributed by atoms with Gasteiger partial charge in [-0.3, -0.25) is 4.79 Å². The molecule has 0 saturated heterocycles. The number of nitrogens with zero attached hydrogens (tertiary/aromatic N) is 1. The van der Waals surface area contributed by atoms with Crippen molar-refractivity contribution in [3.63, 3.8) is 0 Å². The summed E-state index contributed by atoms with van der Waals surface area (Å²) in [5.41, 5.74) is 0. The second-order valence-electron chi connectivity index (χ2n) is 4.30. The van der Waals surface area contributed by atoms with E-state index in [1.54, 1.807) is 11.3 Å². The molecule has 1 rings (SSSR count). The number of carbonyl (C=O) groups is 1. The Morgan fingerprint density at radius 2 is 2.29 bits per heavy atom. The number of hydrogen-bond acceptors (Lipinski definition) is 3. The number of thiophene rings is 1. The first-order valence-corrected chi connectivity index (χ1v) is 7.05. The molecule has 1 amide bonds. The first-order chi connectivity index (χ1) is 8.15. The van der Waals surface area contributed by atoms with E-state index in [4.69, 9.17) is 0 Å². The van der Waals surface area contributed by atoms with Crippen LogP contribution in [0.15, 0.2) is 17.5 Å². The van der Waals surface area contributed by atoms with Crippen molar-refractivity contribution in [2.45, 2.75) is 39.8 Å². The van der Waals surface area contributed by atoms with Crippen molar-refractivity contribution in [3.8, 4) is 0 Å². The minimum absolute atomic E-state index is 0.231. The summed E-state index contributed by atoms with van der Waals surface area (Å²) in [7, 11) is 0. The summed E-state index contributed by atoms with van der Waals surface area (Å²) in [5, 5.41) is 5.24. The topological polar surface area (TPSA) is 32.3 Å². The molecule has 0 aliphatic heterocycles. The van der Waals surface area contributed by atoms with Gasteiger partial charge in [-0.1, -0.05) is 13.0 Å². The fourth-order valence-corrected chi connectivity index (χ4v) is 2.35. The lowest BCUT2D eigenvalue weighted by Gasteiger charge is -2.26. The van der Waals surface area contributed by atoms with Crippen LogP contribution in [0.2, 0.25) is 0 Å². The van der Waals surface area contributed by atoms with Crippen molar-refractivity contribution < 1.29 is 4.79 Å². The monoisotopic (exact) mass is 254 g/mol. The Balaban J connectivity index is 2.50. The highest BCUT2D eigenvalue weighted by Crippen LogP contribution is 2.14. The summed E-state index contributed by atoms with van der Waals surface area (Å²) >= 11 is 1.70. The predicted octanol–water partition coefficient (Wildman–Crippen LogP) is 2.48. The number of rotatable bonds is 7. The number of carbonyl (C=O) groups excluding carboxylic acids is 1. The molecule has 0 fully saturated rings. The zero-order valence-corrected chi connectivity index (χ0v) is 11.7. The lowest BCUT2D eigenvalue weighted by molar-refractivity contribution is -0.133. The molecule has 0 atom stereocenters. The van der Waals surface area contributed by atoms with Gasteiger partial charge < -0.3 is 10.2 Å². The summed E-state index contributed by atoms with van der Waals surface area (Å²) in [4.78, 5) is 15.3. The van der Waals surface area contributed by atoms with Gasteiger partial charge in [-0.25, -0.2) is 0 Å². The van der Waals surface area contributed by atoms with Crippen molar-refractivity contribution in [1.82, 2.24) is 10.2 Å². The van der Waals surface area contributed by atoms with E-state index < -0.39 is 0 Å². The van der Waals surface area contributed by atoms with Crippen LogP contribution in [0.5, 0.6) is 0 Å². The molecule has 0 aromatic carbocycles. The Hall–Kier alpha value is -0.870. The van der Waals surface area contributed by atoms with Gasteiger partial charge in [0.2, 0.25) is 5.91 Å². The van der Waals surface area contributed by atoms with Crippen LogP contribution in [-0.4, -0.2) is 29.9 Å². The molecule has 4 heteroatoms. The van der Waals surface area contributed by atoms with Gasteiger partial charge in [0.15, 0.2) is 0 Å². The molecule has 1 N–H and O–H groups in total. The number of hydrogen-bond donors (Lipinski definition) is 1. The largest absolute Gasteiger partial charge is 0.335 e. The molecule has 0 saturated carbocycles. The Morgan fingerprint density at radius 3 is 2.82 bits per heavy atom. The molecule has 0 spiro atoms. The highest BCUT2D eigenvalue weighted by molar-refractivity contribution is 7.09. The highest BCUT2D eigenvalue weighted by atomic mass is 32.1. The molecule has 0 unspecified atom stereocenters. The zero-order valence-electron chi connectivity index (χ0n) is 10.9.